The highest BCUT2D eigenvalue weighted by Crippen LogP contribution is 2.36. The highest BCUT2D eigenvalue weighted by atomic mass is 32.1. The number of thiophene rings is 1. The van der Waals surface area contributed by atoms with E-state index in [0.717, 1.165) is 36.4 Å². The summed E-state index contributed by atoms with van der Waals surface area (Å²) in [5.41, 5.74) is 11.0. The molecule has 2 aliphatic rings. The Morgan fingerprint density at radius 1 is 1.28 bits per heavy atom. The lowest BCUT2D eigenvalue weighted by atomic mass is 9.99. The van der Waals surface area contributed by atoms with Crippen LogP contribution in [0.4, 0.5) is 5.69 Å². The molecule has 0 bridgehead atoms. The number of rotatable bonds is 2. The van der Waals surface area contributed by atoms with Crippen LogP contribution in [-0.2, 0) is 6.42 Å². The van der Waals surface area contributed by atoms with Crippen molar-refractivity contribution in [3.8, 4) is 10.4 Å². The molecule has 1 fully saturated rings. The maximum absolute atomic E-state index is 12.8. The van der Waals surface area contributed by atoms with Gasteiger partial charge >= 0.3 is 0 Å². The Hall–Kier alpha value is -1.85. The predicted molar refractivity (Wildman–Crippen MR) is 105 cm³/mol. The molecule has 2 aliphatic heterocycles. The molecule has 5 heteroatoms. The molecule has 0 radical (unpaired) electrons. The number of likely N-dealkylation sites (tertiary alicyclic amines) is 1. The standard InChI is InChI=1S/C20H25N3OS/c1-13-10-18(25-19(13)20(24)23-9-7-16(21)12-23)15-6-5-14-4-3-8-22(2)17(14)11-15/h5-6,10-11,16H,3-4,7-9,12,21H2,1-2H3/t16-/m0/s1. The summed E-state index contributed by atoms with van der Waals surface area (Å²) in [7, 11) is 2.16. The second-order valence-corrected chi connectivity index (χ2v) is 8.34. The van der Waals surface area contributed by atoms with E-state index in [2.05, 4.69) is 36.2 Å². The number of aryl methyl sites for hydroxylation is 2. The third kappa shape index (κ3) is 3.07. The number of nitrogens with two attached hydrogens (primary N) is 1. The fourth-order valence-corrected chi connectivity index (χ4v) is 5.00. The molecule has 0 unspecified atom stereocenters. The van der Waals surface area contributed by atoms with E-state index in [1.165, 1.54) is 28.1 Å². The van der Waals surface area contributed by atoms with E-state index in [0.29, 0.717) is 6.54 Å². The normalized spacial score (nSPS) is 20.0. The molecule has 1 amide bonds. The summed E-state index contributed by atoms with van der Waals surface area (Å²) in [5, 5.41) is 0. The summed E-state index contributed by atoms with van der Waals surface area (Å²) in [6.07, 6.45) is 3.28. The van der Waals surface area contributed by atoms with Gasteiger partial charge in [0.15, 0.2) is 0 Å². The zero-order valence-electron chi connectivity index (χ0n) is 14.9. The molecule has 0 spiro atoms. The van der Waals surface area contributed by atoms with Gasteiger partial charge in [-0.15, -0.1) is 11.3 Å². The highest BCUT2D eigenvalue weighted by Gasteiger charge is 2.27. The number of carbonyl (C=O) groups excluding carboxylic acids is 1. The van der Waals surface area contributed by atoms with Crippen LogP contribution < -0.4 is 10.6 Å². The van der Waals surface area contributed by atoms with E-state index in [1.54, 1.807) is 11.3 Å². The van der Waals surface area contributed by atoms with Gasteiger partial charge in [0.2, 0.25) is 0 Å². The van der Waals surface area contributed by atoms with Crippen molar-refractivity contribution < 1.29 is 4.79 Å². The second kappa shape index (κ2) is 6.46. The van der Waals surface area contributed by atoms with Gasteiger partial charge in [-0.2, -0.15) is 0 Å². The van der Waals surface area contributed by atoms with Crippen LogP contribution in [0.1, 0.15) is 33.6 Å². The van der Waals surface area contributed by atoms with Crippen molar-refractivity contribution >= 4 is 22.9 Å². The van der Waals surface area contributed by atoms with E-state index < -0.39 is 0 Å². The third-order valence-corrected chi connectivity index (χ3v) is 6.62. The number of carbonyl (C=O) groups is 1. The molecular weight excluding hydrogens is 330 g/mol. The molecule has 25 heavy (non-hydrogen) atoms. The van der Waals surface area contributed by atoms with Crippen molar-refractivity contribution in [2.45, 2.75) is 32.2 Å². The van der Waals surface area contributed by atoms with Gasteiger partial charge in [-0.1, -0.05) is 12.1 Å². The maximum Gasteiger partial charge on any atom is 0.264 e. The molecule has 4 rings (SSSR count). The van der Waals surface area contributed by atoms with E-state index in [9.17, 15) is 4.79 Å². The summed E-state index contributed by atoms with van der Waals surface area (Å²) < 4.78 is 0. The number of anilines is 1. The topological polar surface area (TPSA) is 49.6 Å². The number of hydrogen-bond donors (Lipinski definition) is 1. The van der Waals surface area contributed by atoms with Gasteiger partial charge in [-0.3, -0.25) is 4.79 Å². The summed E-state index contributed by atoms with van der Waals surface area (Å²) in [4.78, 5) is 19.1. The lowest BCUT2D eigenvalue weighted by molar-refractivity contribution is 0.0795. The summed E-state index contributed by atoms with van der Waals surface area (Å²) in [6, 6.07) is 9.00. The van der Waals surface area contributed by atoms with Crippen LogP contribution in [0, 0.1) is 6.92 Å². The Balaban J connectivity index is 1.64. The average Bonchev–Trinajstić information content (AvgIpc) is 3.20. The second-order valence-electron chi connectivity index (χ2n) is 7.29. The molecule has 2 N–H and O–H groups in total. The van der Waals surface area contributed by atoms with Gasteiger partial charge in [0.05, 0.1) is 4.88 Å². The van der Waals surface area contributed by atoms with Gasteiger partial charge in [0.1, 0.15) is 0 Å². The summed E-state index contributed by atoms with van der Waals surface area (Å²) in [6.45, 7) is 4.60. The SMILES string of the molecule is Cc1cc(-c2ccc3c(c2)N(C)CCC3)sc1C(=O)N1CC[C@H](N)C1. The van der Waals surface area contributed by atoms with Crippen molar-refractivity contribution in [1.82, 2.24) is 4.90 Å². The summed E-state index contributed by atoms with van der Waals surface area (Å²) >= 11 is 1.61. The van der Waals surface area contributed by atoms with E-state index >= 15 is 0 Å². The Bertz CT molecular complexity index is 813. The monoisotopic (exact) mass is 355 g/mol. The molecule has 0 saturated carbocycles. The first-order valence-electron chi connectivity index (χ1n) is 9.02. The number of amides is 1. The van der Waals surface area contributed by atoms with Crippen molar-refractivity contribution in [2.75, 3.05) is 31.6 Å². The van der Waals surface area contributed by atoms with Crippen LogP contribution in [0.3, 0.4) is 0 Å². The molecule has 1 saturated heterocycles. The largest absolute Gasteiger partial charge is 0.374 e. The predicted octanol–water partition coefficient (Wildman–Crippen LogP) is 3.28. The number of fused-ring (bicyclic) bond motifs is 1. The van der Waals surface area contributed by atoms with Crippen LogP contribution in [0.5, 0.6) is 0 Å². The molecule has 3 heterocycles. The van der Waals surface area contributed by atoms with Gasteiger partial charge < -0.3 is 15.5 Å². The van der Waals surface area contributed by atoms with Crippen molar-refractivity contribution in [3.05, 3.63) is 40.3 Å². The zero-order valence-corrected chi connectivity index (χ0v) is 15.7. The Morgan fingerprint density at radius 2 is 2.12 bits per heavy atom. The van der Waals surface area contributed by atoms with Crippen LogP contribution in [0.25, 0.3) is 10.4 Å². The van der Waals surface area contributed by atoms with Crippen LogP contribution in [0.15, 0.2) is 24.3 Å². The van der Waals surface area contributed by atoms with Gasteiger partial charge in [0, 0.05) is 43.3 Å². The first-order valence-corrected chi connectivity index (χ1v) is 9.84. The molecule has 1 atom stereocenters. The minimum absolute atomic E-state index is 0.125. The average molecular weight is 356 g/mol. The van der Waals surface area contributed by atoms with Crippen molar-refractivity contribution in [2.24, 2.45) is 5.73 Å². The van der Waals surface area contributed by atoms with E-state index in [4.69, 9.17) is 5.73 Å². The van der Waals surface area contributed by atoms with Gasteiger partial charge in [-0.25, -0.2) is 0 Å². The maximum atomic E-state index is 12.8. The lowest BCUT2D eigenvalue weighted by Crippen LogP contribution is -2.31. The molecular formula is C20H25N3OS. The first kappa shape index (κ1) is 16.6. The smallest absolute Gasteiger partial charge is 0.264 e. The Morgan fingerprint density at radius 3 is 2.88 bits per heavy atom. The molecule has 1 aromatic carbocycles. The number of hydrogen-bond acceptors (Lipinski definition) is 4. The van der Waals surface area contributed by atoms with E-state index in [1.807, 2.05) is 11.8 Å². The van der Waals surface area contributed by atoms with Crippen LogP contribution in [-0.4, -0.2) is 43.5 Å². The van der Waals surface area contributed by atoms with Crippen LogP contribution in [0.2, 0.25) is 0 Å². The fraction of sp³-hybridized carbons (Fsp3) is 0.450. The third-order valence-electron chi connectivity index (χ3n) is 5.34. The number of benzene rings is 1. The fourth-order valence-electron chi connectivity index (χ4n) is 3.86. The van der Waals surface area contributed by atoms with Crippen molar-refractivity contribution in [3.63, 3.8) is 0 Å². The first-order chi connectivity index (χ1) is 12.0. The minimum Gasteiger partial charge on any atom is -0.374 e. The highest BCUT2D eigenvalue weighted by molar-refractivity contribution is 7.17. The molecule has 4 nitrogen and oxygen atoms in total. The van der Waals surface area contributed by atoms with Crippen LogP contribution >= 0.6 is 11.3 Å². The quantitative estimate of drug-likeness (QED) is 0.899. The zero-order chi connectivity index (χ0) is 17.6. The number of nitrogens with zero attached hydrogens (tertiary/aromatic N) is 2. The molecule has 0 aliphatic carbocycles. The minimum atomic E-state index is 0.125. The molecule has 132 valence electrons. The van der Waals surface area contributed by atoms with E-state index in [-0.39, 0.29) is 11.9 Å². The molecule has 2 aromatic rings. The summed E-state index contributed by atoms with van der Waals surface area (Å²) in [5.74, 6) is 0.136. The van der Waals surface area contributed by atoms with Gasteiger partial charge in [0.25, 0.3) is 5.91 Å². The Kier molecular flexibility index (Phi) is 4.29. The van der Waals surface area contributed by atoms with Gasteiger partial charge in [-0.05, 0) is 55.0 Å². The van der Waals surface area contributed by atoms with Crippen molar-refractivity contribution in [1.29, 1.82) is 0 Å². The lowest BCUT2D eigenvalue weighted by Gasteiger charge is -2.27. The Labute approximate surface area is 153 Å². The molecule has 1 aromatic heterocycles.